The van der Waals surface area contributed by atoms with Crippen molar-refractivity contribution in [2.75, 3.05) is 17.7 Å². The van der Waals surface area contributed by atoms with Gasteiger partial charge in [0.05, 0.1) is 5.56 Å². The molecule has 0 unspecified atom stereocenters. The quantitative estimate of drug-likeness (QED) is 0.278. The van der Waals surface area contributed by atoms with E-state index in [0.717, 1.165) is 22.7 Å². The summed E-state index contributed by atoms with van der Waals surface area (Å²) in [7, 11) is 0. The number of amidine groups is 1. The monoisotopic (exact) mass is 295 g/mol. The van der Waals surface area contributed by atoms with E-state index in [-0.39, 0.29) is 5.84 Å². The van der Waals surface area contributed by atoms with Crippen LogP contribution in [-0.2, 0) is 0 Å². The first-order valence-corrected chi connectivity index (χ1v) is 8.06. The van der Waals surface area contributed by atoms with Gasteiger partial charge in [0.15, 0.2) is 5.84 Å². The lowest BCUT2D eigenvalue weighted by molar-refractivity contribution is 0.318. The smallest absolute Gasteiger partial charge is 0.173 e. The van der Waals surface area contributed by atoms with Crippen LogP contribution < -0.4 is 10.6 Å². The Hall–Kier alpha value is -1.36. The summed E-state index contributed by atoms with van der Waals surface area (Å²) < 4.78 is 0. The molecule has 1 aromatic carbocycles. The molecule has 0 amide bonds. The van der Waals surface area contributed by atoms with E-state index in [2.05, 4.69) is 37.8 Å². The van der Waals surface area contributed by atoms with Gasteiger partial charge in [0.1, 0.15) is 0 Å². The highest BCUT2D eigenvalue weighted by molar-refractivity contribution is 7.98. The molecule has 4 nitrogen and oxygen atoms in total. The summed E-state index contributed by atoms with van der Waals surface area (Å²) in [6, 6.07) is 6.40. The molecule has 0 aliphatic heterocycles. The summed E-state index contributed by atoms with van der Waals surface area (Å²) >= 11 is 1.60. The van der Waals surface area contributed by atoms with Gasteiger partial charge >= 0.3 is 0 Å². The summed E-state index contributed by atoms with van der Waals surface area (Å²) in [5, 5.41) is 12.3. The van der Waals surface area contributed by atoms with E-state index < -0.39 is 0 Å². The zero-order valence-corrected chi connectivity index (χ0v) is 13.7. The summed E-state index contributed by atoms with van der Waals surface area (Å²) in [6.45, 7) is 9.63. The molecular formula is C15H25N3OS. The number of hydrogen-bond acceptors (Lipinski definition) is 4. The van der Waals surface area contributed by atoms with E-state index in [0.29, 0.717) is 12.0 Å². The van der Waals surface area contributed by atoms with E-state index in [1.165, 1.54) is 0 Å². The first kappa shape index (κ1) is 16.7. The molecule has 0 aromatic heterocycles. The molecule has 0 saturated heterocycles. The minimum absolute atomic E-state index is 0.166. The van der Waals surface area contributed by atoms with Gasteiger partial charge < -0.3 is 15.8 Å². The van der Waals surface area contributed by atoms with Crippen molar-refractivity contribution in [3.63, 3.8) is 0 Å². The fourth-order valence-electron chi connectivity index (χ4n) is 2.22. The summed E-state index contributed by atoms with van der Waals surface area (Å²) in [6.07, 6.45) is 2.00. The van der Waals surface area contributed by atoms with Crippen LogP contribution in [0, 0.1) is 5.92 Å². The molecule has 112 valence electrons. The van der Waals surface area contributed by atoms with Crippen molar-refractivity contribution in [1.82, 2.24) is 0 Å². The fraction of sp³-hybridized carbons (Fsp3) is 0.533. The highest BCUT2D eigenvalue weighted by Crippen LogP contribution is 2.31. The molecule has 0 saturated carbocycles. The topological polar surface area (TPSA) is 61.8 Å². The maximum atomic E-state index is 9.07. The zero-order chi connectivity index (χ0) is 15.3. The summed E-state index contributed by atoms with van der Waals surface area (Å²) in [5.41, 5.74) is 7.74. The van der Waals surface area contributed by atoms with Crippen LogP contribution in [-0.4, -0.2) is 29.9 Å². The molecule has 20 heavy (non-hydrogen) atoms. The number of hydrogen-bond donors (Lipinski definition) is 2. The minimum atomic E-state index is 0.166. The van der Waals surface area contributed by atoms with E-state index in [1.54, 1.807) is 11.8 Å². The molecule has 0 aliphatic rings. The van der Waals surface area contributed by atoms with Crippen molar-refractivity contribution < 1.29 is 5.21 Å². The zero-order valence-electron chi connectivity index (χ0n) is 12.9. The molecule has 0 radical (unpaired) electrons. The second-order valence-corrected chi connectivity index (χ2v) is 6.33. The number of nitrogens with two attached hydrogens (primary N) is 1. The molecule has 0 bridgehead atoms. The predicted octanol–water partition coefficient (Wildman–Crippen LogP) is 3.37. The largest absolute Gasteiger partial charge is 0.409 e. The number of benzene rings is 1. The van der Waals surface area contributed by atoms with Crippen LogP contribution in [0.15, 0.2) is 28.3 Å². The Labute approximate surface area is 126 Å². The first-order valence-electron chi connectivity index (χ1n) is 6.83. The Balaban J connectivity index is 3.40. The SMILES string of the molecule is CSc1cccc(N(CC(C)C)C(C)C)c1/C(N)=N/O. The maximum Gasteiger partial charge on any atom is 0.173 e. The van der Waals surface area contributed by atoms with E-state index in [1.807, 2.05) is 24.5 Å². The average Bonchev–Trinajstić information content (AvgIpc) is 2.42. The number of thioether (sulfide) groups is 1. The van der Waals surface area contributed by atoms with Gasteiger partial charge in [-0.25, -0.2) is 0 Å². The highest BCUT2D eigenvalue weighted by Gasteiger charge is 2.20. The third kappa shape index (κ3) is 3.82. The van der Waals surface area contributed by atoms with Crippen LogP contribution in [0.25, 0.3) is 0 Å². The van der Waals surface area contributed by atoms with Gasteiger partial charge in [-0.05, 0) is 38.2 Å². The number of oxime groups is 1. The Morgan fingerprint density at radius 2 is 2.00 bits per heavy atom. The van der Waals surface area contributed by atoms with Crippen molar-refractivity contribution in [2.45, 2.75) is 38.6 Å². The third-order valence-electron chi connectivity index (χ3n) is 3.08. The lowest BCUT2D eigenvalue weighted by Gasteiger charge is -2.32. The van der Waals surface area contributed by atoms with E-state index >= 15 is 0 Å². The van der Waals surface area contributed by atoms with Crippen molar-refractivity contribution in [3.05, 3.63) is 23.8 Å². The van der Waals surface area contributed by atoms with Gasteiger partial charge in [-0.1, -0.05) is 25.1 Å². The lowest BCUT2D eigenvalue weighted by atomic mass is 10.1. The van der Waals surface area contributed by atoms with Crippen LogP contribution in [0.2, 0.25) is 0 Å². The van der Waals surface area contributed by atoms with Crippen molar-refractivity contribution in [1.29, 1.82) is 0 Å². The Kier molecular flexibility index (Phi) is 6.20. The van der Waals surface area contributed by atoms with Crippen molar-refractivity contribution in [3.8, 4) is 0 Å². The minimum Gasteiger partial charge on any atom is -0.409 e. The third-order valence-corrected chi connectivity index (χ3v) is 3.86. The average molecular weight is 295 g/mol. The van der Waals surface area contributed by atoms with Crippen LogP contribution in [0.3, 0.4) is 0 Å². The standard InChI is InChI=1S/C15H25N3OS/c1-10(2)9-18(11(3)4)12-7-6-8-13(20-5)14(12)15(16)17-19/h6-8,10-11,19H,9H2,1-5H3,(H2,16,17). The van der Waals surface area contributed by atoms with Gasteiger partial charge in [-0.15, -0.1) is 11.8 Å². The van der Waals surface area contributed by atoms with Crippen LogP contribution in [0.5, 0.6) is 0 Å². The molecule has 0 spiro atoms. The molecule has 0 fully saturated rings. The Morgan fingerprint density at radius 1 is 1.35 bits per heavy atom. The molecule has 5 heteroatoms. The second-order valence-electron chi connectivity index (χ2n) is 5.48. The van der Waals surface area contributed by atoms with Gasteiger partial charge in [0.25, 0.3) is 0 Å². The van der Waals surface area contributed by atoms with E-state index in [9.17, 15) is 0 Å². The normalized spacial score (nSPS) is 12.2. The first-order chi connectivity index (χ1) is 9.42. The molecule has 1 rings (SSSR count). The van der Waals surface area contributed by atoms with Gasteiger partial charge in [-0.2, -0.15) is 0 Å². The van der Waals surface area contributed by atoms with Crippen molar-refractivity contribution in [2.24, 2.45) is 16.8 Å². The molecule has 0 heterocycles. The van der Waals surface area contributed by atoms with Gasteiger partial charge in [-0.3, -0.25) is 0 Å². The van der Waals surface area contributed by atoms with Crippen LogP contribution >= 0.6 is 11.8 Å². The maximum absolute atomic E-state index is 9.07. The number of rotatable bonds is 6. The van der Waals surface area contributed by atoms with Gasteiger partial charge in [0, 0.05) is 23.2 Å². The molecule has 1 aromatic rings. The van der Waals surface area contributed by atoms with Gasteiger partial charge in [0.2, 0.25) is 0 Å². The molecular weight excluding hydrogens is 270 g/mol. The summed E-state index contributed by atoms with van der Waals surface area (Å²) in [5.74, 6) is 0.704. The highest BCUT2D eigenvalue weighted by atomic mass is 32.2. The van der Waals surface area contributed by atoms with E-state index in [4.69, 9.17) is 10.9 Å². The Morgan fingerprint density at radius 3 is 2.45 bits per heavy atom. The molecule has 3 N–H and O–H groups in total. The predicted molar refractivity (Wildman–Crippen MR) is 88.1 cm³/mol. The number of nitrogens with zero attached hydrogens (tertiary/aromatic N) is 2. The second kappa shape index (κ2) is 7.43. The molecule has 0 aliphatic carbocycles. The summed E-state index contributed by atoms with van der Waals surface area (Å²) in [4.78, 5) is 3.32. The Bertz CT molecular complexity index is 472. The fourth-order valence-corrected chi connectivity index (χ4v) is 2.85. The lowest BCUT2D eigenvalue weighted by Crippen LogP contribution is -2.36. The molecule has 0 atom stereocenters. The number of anilines is 1. The van der Waals surface area contributed by atoms with Crippen LogP contribution in [0.4, 0.5) is 5.69 Å². The van der Waals surface area contributed by atoms with Crippen LogP contribution in [0.1, 0.15) is 33.3 Å². The van der Waals surface area contributed by atoms with Crippen molar-refractivity contribution >= 4 is 23.3 Å².